The number of pyridine rings is 1. The number of carbonyl (C=O) groups excluding carboxylic acids is 1. The molecule has 1 N–H and O–H groups in total. The lowest BCUT2D eigenvalue weighted by molar-refractivity contribution is 0.102. The summed E-state index contributed by atoms with van der Waals surface area (Å²) in [5, 5.41) is 2.74. The Hall–Kier alpha value is -1.46. The molecule has 0 fully saturated rings. The summed E-state index contributed by atoms with van der Waals surface area (Å²) in [6.07, 6.45) is 1.53. The Morgan fingerprint density at radius 1 is 1.42 bits per heavy atom. The van der Waals surface area contributed by atoms with Gasteiger partial charge < -0.3 is 5.32 Å². The molecule has 0 unspecified atom stereocenters. The second-order valence-corrected chi connectivity index (χ2v) is 5.15. The number of aryl methyl sites for hydroxylation is 1. The number of halogens is 3. The van der Waals surface area contributed by atoms with Crippen molar-refractivity contribution in [1.82, 2.24) is 4.98 Å². The van der Waals surface area contributed by atoms with Gasteiger partial charge in [0.1, 0.15) is 5.82 Å². The van der Waals surface area contributed by atoms with E-state index < -0.39 is 11.7 Å². The minimum absolute atomic E-state index is 0.0614. The third kappa shape index (κ3) is 3.11. The molecule has 0 radical (unpaired) electrons. The maximum Gasteiger partial charge on any atom is 0.258 e. The molecule has 0 atom stereocenters. The Labute approximate surface area is 122 Å². The normalized spacial score (nSPS) is 10.3. The highest BCUT2D eigenvalue weighted by Gasteiger charge is 2.15. The molecule has 1 amide bonds. The van der Waals surface area contributed by atoms with E-state index in [0.717, 1.165) is 5.56 Å². The first-order valence-corrected chi connectivity index (χ1v) is 6.53. The molecule has 2 aromatic rings. The number of benzene rings is 1. The third-order valence-corrected chi connectivity index (χ3v) is 3.30. The summed E-state index contributed by atoms with van der Waals surface area (Å²) in [4.78, 5) is 15.9. The Morgan fingerprint density at radius 3 is 2.84 bits per heavy atom. The van der Waals surface area contributed by atoms with Crippen molar-refractivity contribution in [2.45, 2.75) is 6.92 Å². The maximum atomic E-state index is 13.6. The van der Waals surface area contributed by atoms with Crippen LogP contribution in [0.1, 0.15) is 15.9 Å². The molecule has 1 heterocycles. The topological polar surface area (TPSA) is 42.0 Å². The summed E-state index contributed by atoms with van der Waals surface area (Å²) < 4.78 is 14.2. The third-order valence-electron chi connectivity index (χ3n) is 2.52. The first-order chi connectivity index (χ1) is 8.99. The number of carbonyl (C=O) groups is 1. The van der Waals surface area contributed by atoms with E-state index in [1.54, 1.807) is 13.0 Å². The van der Waals surface area contributed by atoms with Gasteiger partial charge in [0.15, 0.2) is 5.15 Å². The predicted molar refractivity (Wildman–Crippen MR) is 76.0 cm³/mol. The minimum atomic E-state index is -0.599. The van der Waals surface area contributed by atoms with E-state index in [1.807, 2.05) is 0 Å². The lowest BCUT2D eigenvalue weighted by Crippen LogP contribution is -2.15. The smallest absolute Gasteiger partial charge is 0.258 e. The minimum Gasteiger partial charge on any atom is -0.319 e. The molecule has 0 bridgehead atoms. The zero-order chi connectivity index (χ0) is 14.0. The van der Waals surface area contributed by atoms with Crippen molar-refractivity contribution in [1.29, 1.82) is 0 Å². The average molecular weight is 344 g/mol. The summed E-state index contributed by atoms with van der Waals surface area (Å²) in [5.74, 6) is -1.17. The number of aromatic nitrogens is 1. The van der Waals surface area contributed by atoms with E-state index in [9.17, 15) is 9.18 Å². The Morgan fingerprint density at radius 2 is 2.16 bits per heavy atom. The zero-order valence-corrected chi connectivity index (χ0v) is 12.2. The fourth-order valence-corrected chi connectivity index (χ4v) is 2.14. The van der Waals surface area contributed by atoms with Gasteiger partial charge in [0.05, 0.1) is 11.3 Å². The lowest BCUT2D eigenvalue weighted by atomic mass is 10.2. The van der Waals surface area contributed by atoms with Gasteiger partial charge in [-0.3, -0.25) is 4.79 Å². The van der Waals surface area contributed by atoms with Crippen LogP contribution in [0, 0.1) is 12.7 Å². The van der Waals surface area contributed by atoms with Crippen molar-refractivity contribution in [3.8, 4) is 0 Å². The quantitative estimate of drug-likeness (QED) is 0.831. The number of nitrogens with zero attached hydrogens (tertiary/aromatic N) is 1. The van der Waals surface area contributed by atoms with Gasteiger partial charge in [-0.05, 0) is 36.8 Å². The van der Waals surface area contributed by atoms with Crippen LogP contribution in [-0.2, 0) is 0 Å². The maximum absolute atomic E-state index is 13.6. The first-order valence-electron chi connectivity index (χ1n) is 5.36. The molecule has 0 saturated heterocycles. The summed E-state index contributed by atoms with van der Waals surface area (Å²) in [7, 11) is 0. The van der Waals surface area contributed by atoms with Crippen LogP contribution >= 0.6 is 27.5 Å². The highest BCUT2D eigenvalue weighted by molar-refractivity contribution is 9.10. The molecule has 0 aliphatic rings. The molecular weight excluding hydrogens is 335 g/mol. The van der Waals surface area contributed by atoms with Crippen molar-refractivity contribution in [2.24, 2.45) is 0 Å². The number of anilines is 1. The van der Waals surface area contributed by atoms with Gasteiger partial charge >= 0.3 is 0 Å². The van der Waals surface area contributed by atoms with Gasteiger partial charge in [0.2, 0.25) is 0 Å². The van der Waals surface area contributed by atoms with E-state index in [1.165, 1.54) is 24.4 Å². The number of nitrogens with one attached hydrogen (secondary N) is 1. The van der Waals surface area contributed by atoms with Crippen LogP contribution in [0.15, 0.2) is 34.9 Å². The second kappa shape index (κ2) is 5.67. The van der Waals surface area contributed by atoms with Crippen LogP contribution in [0.2, 0.25) is 5.15 Å². The Kier molecular flexibility index (Phi) is 4.17. The molecule has 1 aromatic heterocycles. The van der Waals surface area contributed by atoms with Crippen molar-refractivity contribution < 1.29 is 9.18 Å². The number of hydrogen-bond donors (Lipinski definition) is 1. The summed E-state index contributed by atoms with van der Waals surface area (Å²) >= 11 is 9.10. The highest BCUT2D eigenvalue weighted by atomic mass is 79.9. The standard InChI is InChI=1S/C13H9BrClFN2O/c1-7-4-5-17-12(15)11(7)18-13(19)9-6-8(14)2-3-10(9)16/h2-6H,1H3,(H,18,19). The van der Waals surface area contributed by atoms with Crippen molar-refractivity contribution in [2.75, 3.05) is 5.32 Å². The van der Waals surface area contributed by atoms with E-state index in [4.69, 9.17) is 11.6 Å². The van der Waals surface area contributed by atoms with Gasteiger partial charge in [0.25, 0.3) is 5.91 Å². The van der Waals surface area contributed by atoms with Crippen LogP contribution in [0.4, 0.5) is 10.1 Å². The van der Waals surface area contributed by atoms with Gasteiger partial charge in [-0.25, -0.2) is 9.37 Å². The second-order valence-electron chi connectivity index (χ2n) is 3.87. The SMILES string of the molecule is Cc1ccnc(Cl)c1NC(=O)c1cc(Br)ccc1F. The molecule has 19 heavy (non-hydrogen) atoms. The summed E-state index contributed by atoms with van der Waals surface area (Å²) in [6.45, 7) is 1.78. The van der Waals surface area contributed by atoms with Crippen LogP contribution in [0.5, 0.6) is 0 Å². The van der Waals surface area contributed by atoms with E-state index >= 15 is 0 Å². The summed E-state index contributed by atoms with van der Waals surface area (Å²) in [5.41, 5.74) is 1.07. The van der Waals surface area contributed by atoms with E-state index in [-0.39, 0.29) is 10.7 Å². The Balaban J connectivity index is 2.34. The molecule has 1 aromatic carbocycles. The van der Waals surface area contributed by atoms with Crippen LogP contribution in [0.25, 0.3) is 0 Å². The molecule has 0 spiro atoms. The molecular formula is C13H9BrClFN2O. The zero-order valence-electron chi connectivity index (χ0n) is 9.88. The molecule has 3 nitrogen and oxygen atoms in total. The van der Waals surface area contributed by atoms with Crippen LogP contribution in [-0.4, -0.2) is 10.9 Å². The lowest BCUT2D eigenvalue weighted by Gasteiger charge is -2.10. The molecule has 0 aliphatic heterocycles. The van der Waals surface area contributed by atoms with Gasteiger partial charge in [-0.15, -0.1) is 0 Å². The average Bonchev–Trinajstić information content (AvgIpc) is 2.37. The first kappa shape index (κ1) is 14.0. The number of hydrogen-bond acceptors (Lipinski definition) is 2. The fourth-order valence-electron chi connectivity index (χ4n) is 1.53. The number of amides is 1. The molecule has 0 saturated carbocycles. The molecule has 98 valence electrons. The number of rotatable bonds is 2. The summed E-state index contributed by atoms with van der Waals surface area (Å²) in [6, 6.07) is 5.86. The Bertz CT molecular complexity index is 628. The molecule has 6 heteroatoms. The van der Waals surface area contributed by atoms with Gasteiger partial charge in [0, 0.05) is 10.7 Å². The van der Waals surface area contributed by atoms with Gasteiger partial charge in [-0.1, -0.05) is 27.5 Å². The van der Waals surface area contributed by atoms with Crippen molar-refractivity contribution >= 4 is 39.1 Å². The van der Waals surface area contributed by atoms with Gasteiger partial charge in [-0.2, -0.15) is 0 Å². The fraction of sp³-hybridized carbons (Fsp3) is 0.0769. The van der Waals surface area contributed by atoms with E-state index in [2.05, 4.69) is 26.2 Å². The van der Waals surface area contributed by atoms with Crippen LogP contribution in [0.3, 0.4) is 0 Å². The largest absolute Gasteiger partial charge is 0.319 e. The molecule has 2 rings (SSSR count). The van der Waals surface area contributed by atoms with E-state index in [0.29, 0.717) is 10.2 Å². The molecule has 0 aliphatic carbocycles. The van der Waals surface area contributed by atoms with Crippen LogP contribution < -0.4 is 5.32 Å². The van der Waals surface area contributed by atoms with Crippen molar-refractivity contribution in [3.63, 3.8) is 0 Å². The van der Waals surface area contributed by atoms with Crippen molar-refractivity contribution in [3.05, 3.63) is 57.0 Å². The highest BCUT2D eigenvalue weighted by Crippen LogP contribution is 2.24. The monoisotopic (exact) mass is 342 g/mol. The predicted octanol–water partition coefficient (Wildman–Crippen LogP) is 4.20.